The zero-order chi connectivity index (χ0) is 8.41. The summed E-state index contributed by atoms with van der Waals surface area (Å²) in [5.74, 6) is 0. The normalized spacial score (nSPS) is 7.00. The Hall–Kier alpha value is 0.817. The third kappa shape index (κ3) is 15.9. The van der Waals surface area contributed by atoms with Gasteiger partial charge in [0.2, 0.25) is 0 Å². The van der Waals surface area contributed by atoms with Crippen LogP contribution in [0.25, 0.3) is 0 Å². The fraction of sp³-hybridized carbons (Fsp3) is 0.429. The second kappa shape index (κ2) is 12.5. The van der Waals surface area contributed by atoms with Gasteiger partial charge in [-0.2, -0.15) is 0 Å². The Labute approximate surface area is 84.3 Å². The molecule has 0 fully saturated rings. The average molecular weight is 478 g/mol. The summed E-state index contributed by atoms with van der Waals surface area (Å²) in [6.07, 6.45) is 4.09. The van der Waals surface area contributed by atoms with Gasteiger partial charge in [-0.15, -0.1) is 0 Å². The molecule has 0 spiro atoms. The molecule has 0 atom stereocenters. The first-order chi connectivity index (χ1) is 4.72. The van der Waals surface area contributed by atoms with Gasteiger partial charge in [0.25, 0.3) is 0 Å². The molecule has 0 aromatic rings. The quantitative estimate of drug-likeness (QED) is 0.602. The Balaban J connectivity index is 0. The van der Waals surface area contributed by atoms with Crippen LogP contribution in [-0.4, -0.2) is 13.6 Å². The molecule has 0 bridgehead atoms. The van der Waals surface area contributed by atoms with Crippen molar-refractivity contribution >= 4 is 8.48 Å². The summed E-state index contributed by atoms with van der Waals surface area (Å²) in [6.45, 7) is 7.38. The standard InChI is InChI=1S/C6H9.CHO.2W/c1-3-5-6-4-2;1-2;;/h1,3H,4,6H2,2H3;2H;;/q2*-1;;. The molecule has 1 N–H and O–H groups in total. The maximum absolute atomic E-state index is 7.36. The van der Waals surface area contributed by atoms with E-state index in [0.29, 0.717) is 0 Å². The van der Waals surface area contributed by atoms with Gasteiger partial charge >= 0.3 is 84.7 Å². The van der Waals surface area contributed by atoms with Crippen molar-refractivity contribution in [2.45, 2.75) is 19.8 Å². The second-order valence-corrected chi connectivity index (χ2v) is 4.01. The summed E-state index contributed by atoms with van der Waals surface area (Å²) in [6, 6.07) is 0. The van der Waals surface area contributed by atoms with Crippen molar-refractivity contribution in [2.75, 3.05) is 0 Å². The molecule has 0 saturated carbocycles. The van der Waals surface area contributed by atoms with Crippen molar-refractivity contribution in [3.05, 3.63) is 12.7 Å². The van der Waals surface area contributed by atoms with Crippen LogP contribution in [0.1, 0.15) is 19.8 Å². The zero-order valence-corrected chi connectivity index (χ0v) is 11.7. The van der Waals surface area contributed by atoms with Gasteiger partial charge < -0.3 is 0 Å². The van der Waals surface area contributed by atoms with E-state index < -0.39 is 0 Å². The van der Waals surface area contributed by atoms with Crippen LogP contribution < -0.4 is 0 Å². The van der Waals surface area contributed by atoms with E-state index in [0.717, 1.165) is 19.4 Å². The van der Waals surface area contributed by atoms with Crippen LogP contribution in [0.5, 0.6) is 0 Å². The molecule has 0 heterocycles. The van der Waals surface area contributed by atoms with Gasteiger partial charge in [0.15, 0.2) is 0 Å². The maximum atomic E-state index is 7.36. The van der Waals surface area contributed by atoms with Gasteiger partial charge in [-0.05, 0) is 0 Å². The van der Waals surface area contributed by atoms with Crippen LogP contribution >= 0.6 is 0 Å². The molecule has 0 saturated heterocycles. The first-order valence-corrected chi connectivity index (χ1v) is 5.75. The van der Waals surface area contributed by atoms with E-state index in [1.54, 1.807) is 6.08 Å². The number of aliphatic hydroxyl groups excluding tert-OH is 1. The Kier molecular flexibility index (Phi) is 16.7. The molecule has 0 aliphatic heterocycles. The molecule has 10 heavy (non-hydrogen) atoms. The summed E-state index contributed by atoms with van der Waals surface area (Å²) in [7, 11) is 0. The summed E-state index contributed by atoms with van der Waals surface area (Å²) in [5.41, 5.74) is 0. The van der Waals surface area contributed by atoms with Crippen molar-refractivity contribution in [1.82, 2.24) is 0 Å². The zero-order valence-electron chi connectivity index (χ0n) is 5.83. The SMILES string of the molecule is O[C-]=[W].[CH-]=C[C](=[W])CCC. The van der Waals surface area contributed by atoms with E-state index in [9.17, 15) is 0 Å². The molecule has 0 aromatic heterocycles. The van der Waals surface area contributed by atoms with Crippen LogP contribution in [0.15, 0.2) is 6.08 Å². The van der Waals surface area contributed by atoms with Crippen LogP contribution in [0.3, 0.4) is 0 Å². The molecule has 3 heteroatoms. The molecular weight excluding hydrogens is 468 g/mol. The van der Waals surface area contributed by atoms with Crippen molar-refractivity contribution < 1.29 is 43.8 Å². The topological polar surface area (TPSA) is 20.2 Å². The van der Waals surface area contributed by atoms with Crippen molar-refractivity contribution in [1.29, 1.82) is 0 Å². The Bertz CT molecular complexity index is 110. The predicted molar refractivity (Wildman–Crippen MR) is 35.7 cm³/mol. The fourth-order valence-corrected chi connectivity index (χ4v) is 1.06. The van der Waals surface area contributed by atoms with Crippen molar-refractivity contribution in [3.63, 3.8) is 0 Å². The fourth-order valence-electron chi connectivity index (χ4n) is 0.330. The Morgan fingerprint density at radius 2 is 2.20 bits per heavy atom. The molecule has 0 radical (unpaired) electrons. The molecule has 0 aromatic carbocycles. The average Bonchev–Trinajstić information content (AvgIpc) is 1.90. The minimum absolute atomic E-state index is 0.977. The van der Waals surface area contributed by atoms with E-state index in [2.05, 4.69) is 6.92 Å². The first-order valence-electron chi connectivity index (χ1n) is 2.81. The van der Waals surface area contributed by atoms with Gasteiger partial charge in [0.05, 0.1) is 0 Å². The number of hydrogen-bond donors (Lipinski definition) is 1. The number of rotatable bonds is 3. The third-order valence-electron chi connectivity index (χ3n) is 0.682. The Morgan fingerprint density at radius 1 is 1.80 bits per heavy atom. The van der Waals surface area contributed by atoms with Gasteiger partial charge in [0, 0.05) is 0 Å². The summed E-state index contributed by atoms with van der Waals surface area (Å²) < 4.78 is 3.20. The molecule has 0 rings (SSSR count). The molecular formula is C7H10OW2-2. The van der Waals surface area contributed by atoms with Crippen LogP contribution in [-0.2, 0) is 38.7 Å². The van der Waals surface area contributed by atoms with Crippen molar-refractivity contribution in [3.8, 4) is 0 Å². The van der Waals surface area contributed by atoms with Gasteiger partial charge in [-0.1, -0.05) is 0 Å². The third-order valence-corrected chi connectivity index (χ3v) is 1.90. The number of hydrogen-bond acceptors (Lipinski definition) is 1. The Morgan fingerprint density at radius 3 is 2.30 bits per heavy atom. The number of allylic oxidation sites excluding steroid dienone is 1. The van der Waals surface area contributed by atoms with E-state index in [-0.39, 0.29) is 0 Å². The predicted octanol–water partition coefficient (Wildman–Crippen LogP) is 1.04. The molecule has 0 amide bonds. The summed E-state index contributed by atoms with van der Waals surface area (Å²) >= 11 is 2.48. The number of aliphatic hydroxyl groups is 1. The molecule has 0 unspecified atom stereocenters. The van der Waals surface area contributed by atoms with Gasteiger partial charge in [0.1, 0.15) is 0 Å². The van der Waals surface area contributed by atoms with Crippen molar-refractivity contribution in [2.24, 2.45) is 0 Å². The van der Waals surface area contributed by atoms with Crippen LogP contribution in [0, 0.1) is 6.58 Å². The van der Waals surface area contributed by atoms with E-state index in [1.807, 2.05) is 4.59 Å². The van der Waals surface area contributed by atoms with E-state index >= 15 is 0 Å². The molecule has 1 nitrogen and oxygen atoms in total. The first kappa shape index (κ1) is 13.4. The molecule has 58 valence electrons. The van der Waals surface area contributed by atoms with E-state index in [1.165, 1.54) is 36.1 Å². The van der Waals surface area contributed by atoms with E-state index in [4.69, 9.17) is 11.7 Å². The molecule has 0 aliphatic carbocycles. The van der Waals surface area contributed by atoms with Gasteiger partial charge in [-0.25, -0.2) is 0 Å². The van der Waals surface area contributed by atoms with Gasteiger partial charge in [-0.3, -0.25) is 0 Å². The summed E-state index contributed by atoms with van der Waals surface area (Å²) in [5, 5.41) is 7.36. The molecule has 0 aliphatic rings. The monoisotopic (exact) mass is 478 g/mol. The summed E-state index contributed by atoms with van der Waals surface area (Å²) in [4.78, 5) is 0. The minimum atomic E-state index is 0.977. The van der Waals surface area contributed by atoms with Crippen LogP contribution in [0.4, 0.5) is 0 Å². The second-order valence-electron chi connectivity index (χ2n) is 1.47. The van der Waals surface area contributed by atoms with Crippen LogP contribution in [0.2, 0.25) is 0 Å².